The molecule has 0 aliphatic carbocycles. The first kappa shape index (κ1) is 14.9. The molecule has 0 atom stereocenters. The van der Waals surface area contributed by atoms with Gasteiger partial charge in [0.2, 0.25) is 0 Å². The molecule has 0 aliphatic rings. The Morgan fingerprint density at radius 1 is 0.833 bits per heavy atom. The van der Waals surface area contributed by atoms with E-state index in [4.69, 9.17) is 23.2 Å². The van der Waals surface area contributed by atoms with E-state index in [1.54, 1.807) is 0 Å². The van der Waals surface area contributed by atoms with Crippen LogP contribution in [0.2, 0.25) is 10.0 Å². The molecule has 94 valence electrons. The molecule has 0 nitrogen and oxygen atoms in total. The SMILES string of the molecule is CC(c1ccc(I)cc1Cl)c1ccc(I)cc1Cl. The van der Waals surface area contributed by atoms with E-state index >= 15 is 0 Å². The number of hydrogen-bond donors (Lipinski definition) is 0. The number of halogens is 4. The van der Waals surface area contributed by atoms with Gasteiger partial charge < -0.3 is 0 Å². The Kier molecular flexibility index (Phi) is 5.20. The lowest BCUT2D eigenvalue weighted by molar-refractivity contribution is 0.922. The van der Waals surface area contributed by atoms with Crippen molar-refractivity contribution < 1.29 is 0 Å². The van der Waals surface area contributed by atoms with E-state index in [1.807, 2.05) is 12.1 Å². The zero-order valence-electron chi connectivity index (χ0n) is 9.55. The van der Waals surface area contributed by atoms with Crippen LogP contribution in [0.3, 0.4) is 0 Å². The van der Waals surface area contributed by atoms with Gasteiger partial charge in [0, 0.05) is 23.1 Å². The Balaban J connectivity index is 2.44. The lowest BCUT2D eigenvalue weighted by Crippen LogP contribution is -1.98. The monoisotopic (exact) mass is 502 g/mol. The summed E-state index contributed by atoms with van der Waals surface area (Å²) in [5.74, 6) is 0.194. The highest BCUT2D eigenvalue weighted by molar-refractivity contribution is 14.1. The first-order valence-electron chi connectivity index (χ1n) is 5.39. The summed E-state index contributed by atoms with van der Waals surface area (Å²) in [5, 5.41) is 1.59. The van der Waals surface area contributed by atoms with Gasteiger partial charge in [-0.25, -0.2) is 0 Å². The fourth-order valence-electron chi connectivity index (χ4n) is 1.87. The molecule has 0 spiro atoms. The Hall–Kier alpha value is 0.480. The highest BCUT2D eigenvalue weighted by atomic mass is 127. The van der Waals surface area contributed by atoms with Crippen LogP contribution in [0, 0.1) is 7.14 Å². The van der Waals surface area contributed by atoms with Crippen LogP contribution < -0.4 is 0 Å². The van der Waals surface area contributed by atoms with E-state index in [1.165, 1.54) is 0 Å². The predicted molar refractivity (Wildman–Crippen MR) is 95.9 cm³/mol. The van der Waals surface area contributed by atoms with Crippen molar-refractivity contribution in [2.45, 2.75) is 12.8 Å². The quantitative estimate of drug-likeness (QED) is 0.419. The molecule has 18 heavy (non-hydrogen) atoms. The normalized spacial score (nSPS) is 11.0. The average Bonchev–Trinajstić information content (AvgIpc) is 2.28. The van der Waals surface area contributed by atoms with Gasteiger partial charge in [-0.3, -0.25) is 0 Å². The van der Waals surface area contributed by atoms with Crippen molar-refractivity contribution in [1.82, 2.24) is 0 Å². The molecule has 0 aromatic heterocycles. The minimum Gasteiger partial charge on any atom is -0.0840 e. The number of hydrogen-bond acceptors (Lipinski definition) is 0. The van der Waals surface area contributed by atoms with Gasteiger partial charge >= 0.3 is 0 Å². The standard InChI is InChI=1S/C14H10Cl2I2/c1-8(11-4-2-9(17)6-13(11)15)12-5-3-10(18)7-14(12)16/h2-8H,1H3. The number of rotatable bonds is 2. The Morgan fingerprint density at radius 3 is 1.56 bits per heavy atom. The summed E-state index contributed by atoms with van der Waals surface area (Å²) >= 11 is 17.1. The molecule has 0 fully saturated rings. The molecule has 0 N–H and O–H groups in total. The van der Waals surface area contributed by atoms with Crippen LogP contribution in [0.5, 0.6) is 0 Å². The van der Waals surface area contributed by atoms with Crippen LogP contribution >= 0.6 is 68.4 Å². The molecule has 2 rings (SSSR count). The maximum atomic E-state index is 6.31. The van der Waals surface area contributed by atoms with E-state index in [9.17, 15) is 0 Å². The first-order valence-corrected chi connectivity index (χ1v) is 8.30. The molecule has 0 saturated carbocycles. The highest BCUT2D eigenvalue weighted by Crippen LogP contribution is 2.34. The van der Waals surface area contributed by atoms with Crippen molar-refractivity contribution in [2.24, 2.45) is 0 Å². The molecule has 0 radical (unpaired) electrons. The van der Waals surface area contributed by atoms with Crippen molar-refractivity contribution in [3.05, 3.63) is 64.7 Å². The Bertz CT molecular complexity index is 531. The summed E-state index contributed by atoms with van der Waals surface area (Å²) in [4.78, 5) is 0. The first-order chi connectivity index (χ1) is 8.49. The molecule has 0 saturated heterocycles. The minimum atomic E-state index is 0.194. The predicted octanol–water partition coefficient (Wildman–Crippen LogP) is 6.35. The fraction of sp³-hybridized carbons (Fsp3) is 0.143. The van der Waals surface area contributed by atoms with Gasteiger partial charge in [0.1, 0.15) is 0 Å². The molecule has 0 aliphatic heterocycles. The van der Waals surface area contributed by atoms with Crippen LogP contribution in [0.25, 0.3) is 0 Å². The molecule has 0 unspecified atom stereocenters. The van der Waals surface area contributed by atoms with Gasteiger partial charge in [-0.2, -0.15) is 0 Å². The summed E-state index contributed by atoms with van der Waals surface area (Å²) in [6.45, 7) is 2.13. The minimum absolute atomic E-state index is 0.194. The Morgan fingerprint density at radius 2 is 1.22 bits per heavy atom. The molecule has 0 bridgehead atoms. The van der Waals surface area contributed by atoms with E-state index in [-0.39, 0.29) is 5.92 Å². The summed E-state index contributed by atoms with van der Waals surface area (Å²) in [6, 6.07) is 12.2. The summed E-state index contributed by atoms with van der Waals surface area (Å²) in [6.07, 6.45) is 0. The lowest BCUT2D eigenvalue weighted by atomic mass is 9.93. The van der Waals surface area contributed by atoms with Crippen LogP contribution in [0.15, 0.2) is 36.4 Å². The molecule has 2 aromatic carbocycles. The van der Waals surface area contributed by atoms with Crippen molar-refractivity contribution >= 4 is 68.4 Å². The second kappa shape index (κ2) is 6.29. The average molecular weight is 503 g/mol. The third-order valence-electron chi connectivity index (χ3n) is 2.86. The second-order valence-corrected chi connectivity index (χ2v) is 7.36. The molecule has 2 aromatic rings. The topological polar surface area (TPSA) is 0 Å². The zero-order chi connectivity index (χ0) is 13.3. The van der Waals surface area contributed by atoms with Crippen molar-refractivity contribution in [1.29, 1.82) is 0 Å². The molecule has 0 amide bonds. The largest absolute Gasteiger partial charge is 0.0840 e. The van der Waals surface area contributed by atoms with Crippen molar-refractivity contribution in [3.8, 4) is 0 Å². The number of benzene rings is 2. The van der Waals surface area contributed by atoms with Crippen LogP contribution in [0.1, 0.15) is 24.0 Å². The van der Waals surface area contributed by atoms with E-state index < -0.39 is 0 Å². The van der Waals surface area contributed by atoms with Gasteiger partial charge in [-0.1, -0.05) is 42.3 Å². The molecular weight excluding hydrogens is 493 g/mol. The molecular formula is C14H10Cl2I2. The smallest absolute Gasteiger partial charge is 0.0454 e. The summed E-state index contributed by atoms with van der Waals surface area (Å²) < 4.78 is 2.28. The van der Waals surface area contributed by atoms with Gasteiger partial charge in [-0.15, -0.1) is 0 Å². The molecule has 4 heteroatoms. The maximum absolute atomic E-state index is 6.31. The summed E-state index contributed by atoms with van der Waals surface area (Å²) in [7, 11) is 0. The van der Waals surface area contributed by atoms with Gasteiger partial charge in [0.15, 0.2) is 0 Å². The summed E-state index contributed by atoms with van der Waals surface area (Å²) in [5.41, 5.74) is 2.22. The van der Waals surface area contributed by atoms with Gasteiger partial charge in [-0.05, 0) is 80.6 Å². The van der Waals surface area contributed by atoms with Crippen LogP contribution in [-0.2, 0) is 0 Å². The third kappa shape index (κ3) is 3.32. The maximum Gasteiger partial charge on any atom is 0.0454 e. The lowest BCUT2D eigenvalue weighted by Gasteiger charge is -2.16. The van der Waals surface area contributed by atoms with E-state index in [2.05, 4.69) is 76.4 Å². The second-order valence-electron chi connectivity index (χ2n) is 4.05. The van der Waals surface area contributed by atoms with Crippen molar-refractivity contribution in [2.75, 3.05) is 0 Å². The molecule has 0 heterocycles. The van der Waals surface area contributed by atoms with Crippen molar-refractivity contribution in [3.63, 3.8) is 0 Å². The third-order valence-corrected chi connectivity index (χ3v) is 4.85. The highest BCUT2D eigenvalue weighted by Gasteiger charge is 2.15. The Labute approximate surface area is 144 Å². The fourth-order valence-corrected chi connectivity index (χ4v) is 3.91. The van der Waals surface area contributed by atoms with Crippen LogP contribution in [0.4, 0.5) is 0 Å². The zero-order valence-corrected chi connectivity index (χ0v) is 15.4. The van der Waals surface area contributed by atoms with Crippen LogP contribution in [-0.4, -0.2) is 0 Å². The van der Waals surface area contributed by atoms with Gasteiger partial charge in [0.05, 0.1) is 0 Å². The van der Waals surface area contributed by atoms with E-state index in [0.29, 0.717) is 0 Å². The van der Waals surface area contributed by atoms with E-state index in [0.717, 1.165) is 28.3 Å². The van der Waals surface area contributed by atoms with Gasteiger partial charge in [0.25, 0.3) is 0 Å².